The fourth-order valence-corrected chi connectivity index (χ4v) is 2.73. The number of aliphatic hydroxyl groups is 4. The van der Waals surface area contributed by atoms with Gasteiger partial charge in [0.05, 0.1) is 6.61 Å². The van der Waals surface area contributed by atoms with E-state index in [0.29, 0.717) is 6.61 Å². The molecule has 22 heavy (non-hydrogen) atoms. The van der Waals surface area contributed by atoms with E-state index in [0.717, 1.165) is 12.8 Å². The second kappa shape index (κ2) is 11.3. The number of rotatable bonds is 11. The van der Waals surface area contributed by atoms with E-state index in [1.54, 1.807) is 0 Å². The fourth-order valence-electron chi connectivity index (χ4n) is 2.73. The highest BCUT2D eigenvalue weighted by Crippen LogP contribution is 2.22. The maximum atomic E-state index is 9.91. The molecule has 1 heterocycles. The van der Waals surface area contributed by atoms with Crippen molar-refractivity contribution in [3.05, 3.63) is 0 Å². The Hall–Kier alpha value is -0.240. The van der Waals surface area contributed by atoms with Crippen LogP contribution >= 0.6 is 0 Å². The number of hydrogen-bond donors (Lipinski definition) is 4. The molecule has 6 heteroatoms. The van der Waals surface area contributed by atoms with Crippen LogP contribution in [-0.4, -0.2) is 64.3 Å². The molecule has 4 N–H and O–H groups in total. The molecule has 0 radical (unpaired) electrons. The monoisotopic (exact) mass is 320 g/mol. The lowest BCUT2D eigenvalue weighted by Crippen LogP contribution is -2.59. The van der Waals surface area contributed by atoms with Gasteiger partial charge in [0.15, 0.2) is 6.29 Å². The second-order valence-electron chi connectivity index (χ2n) is 6.04. The van der Waals surface area contributed by atoms with Crippen LogP contribution in [0, 0.1) is 0 Å². The Bertz CT molecular complexity index is 273. The van der Waals surface area contributed by atoms with E-state index in [9.17, 15) is 20.4 Å². The van der Waals surface area contributed by atoms with Gasteiger partial charge in [-0.05, 0) is 6.42 Å². The van der Waals surface area contributed by atoms with Crippen molar-refractivity contribution >= 4 is 0 Å². The SMILES string of the molecule is CCCCCCCCCCO[C@@H]1[C@H](O)[C@@H](O)[C@@H](O)O[C@@H]1CO. The Morgan fingerprint density at radius 1 is 0.864 bits per heavy atom. The zero-order valence-corrected chi connectivity index (χ0v) is 13.6. The standard InChI is InChI=1S/C16H32O6/c1-2-3-4-5-6-7-8-9-10-21-15-12(11-17)22-16(20)14(19)13(15)18/h12-20H,2-11H2,1H3/t12-,13-,14-,15+,16+/m1/s1. The van der Waals surface area contributed by atoms with Crippen LogP contribution in [-0.2, 0) is 9.47 Å². The van der Waals surface area contributed by atoms with Gasteiger partial charge in [0.1, 0.15) is 24.4 Å². The third kappa shape index (κ3) is 6.48. The summed E-state index contributed by atoms with van der Waals surface area (Å²) in [6, 6.07) is 0. The van der Waals surface area contributed by atoms with Crippen molar-refractivity contribution in [2.45, 2.75) is 89.0 Å². The molecule has 1 rings (SSSR count). The molecule has 0 amide bonds. The topological polar surface area (TPSA) is 99.4 Å². The molecular formula is C16H32O6. The van der Waals surface area contributed by atoms with Crippen LogP contribution in [0.5, 0.6) is 0 Å². The van der Waals surface area contributed by atoms with Gasteiger partial charge in [0.25, 0.3) is 0 Å². The molecule has 132 valence electrons. The van der Waals surface area contributed by atoms with Crippen LogP contribution in [0.15, 0.2) is 0 Å². The number of unbranched alkanes of at least 4 members (excludes halogenated alkanes) is 7. The van der Waals surface area contributed by atoms with Crippen molar-refractivity contribution in [3.63, 3.8) is 0 Å². The maximum absolute atomic E-state index is 9.91. The smallest absolute Gasteiger partial charge is 0.184 e. The molecule has 0 unspecified atom stereocenters. The molecule has 1 aliphatic heterocycles. The highest BCUT2D eigenvalue weighted by atomic mass is 16.6. The summed E-state index contributed by atoms with van der Waals surface area (Å²) in [5.74, 6) is 0. The lowest BCUT2D eigenvalue weighted by Gasteiger charge is -2.40. The van der Waals surface area contributed by atoms with Gasteiger partial charge in [-0.25, -0.2) is 0 Å². The van der Waals surface area contributed by atoms with E-state index >= 15 is 0 Å². The number of aliphatic hydroxyl groups excluding tert-OH is 4. The summed E-state index contributed by atoms with van der Waals surface area (Å²) in [7, 11) is 0. The van der Waals surface area contributed by atoms with E-state index in [4.69, 9.17) is 9.47 Å². The van der Waals surface area contributed by atoms with Crippen LogP contribution in [0.1, 0.15) is 58.3 Å². The summed E-state index contributed by atoms with van der Waals surface area (Å²) in [6.07, 6.45) is 3.69. The van der Waals surface area contributed by atoms with E-state index < -0.39 is 30.7 Å². The van der Waals surface area contributed by atoms with Gasteiger partial charge in [0, 0.05) is 6.61 Å². The zero-order chi connectivity index (χ0) is 16.4. The molecule has 1 aliphatic rings. The summed E-state index contributed by atoms with van der Waals surface area (Å²) < 4.78 is 10.6. The van der Waals surface area contributed by atoms with Crippen LogP contribution in [0.3, 0.4) is 0 Å². The van der Waals surface area contributed by atoms with Crippen LogP contribution in [0.25, 0.3) is 0 Å². The lowest BCUT2D eigenvalue weighted by molar-refractivity contribution is -0.294. The molecule has 0 spiro atoms. The van der Waals surface area contributed by atoms with Gasteiger partial charge in [-0.1, -0.05) is 51.9 Å². The molecule has 0 aromatic heterocycles. The van der Waals surface area contributed by atoms with Crippen LogP contribution in [0.2, 0.25) is 0 Å². The first kappa shape index (κ1) is 19.8. The minimum atomic E-state index is -1.49. The Labute approximate surface area is 133 Å². The molecular weight excluding hydrogens is 288 g/mol. The minimum Gasteiger partial charge on any atom is -0.394 e. The third-order valence-corrected chi connectivity index (χ3v) is 4.15. The van der Waals surface area contributed by atoms with Gasteiger partial charge in [-0.15, -0.1) is 0 Å². The molecule has 5 atom stereocenters. The summed E-state index contributed by atoms with van der Waals surface area (Å²) in [6.45, 7) is 2.28. The highest BCUT2D eigenvalue weighted by molar-refractivity contribution is 4.89. The maximum Gasteiger partial charge on any atom is 0.184 e. The average molecular weight is 320 g/mol. The van der Waals surface area contributed by atoms with Crippen molar-refractivity contribution in [3.8, 4) is 0 Å². The summed E-state index contributed by atoms with van der Waals surface area (Å²) in [5, 5.41) is 38.1. The first-order valence-electron chi connectivity index (χ1n) is 8.54. The normalized spacial score (nSPS) is 32.3. The highest BCUT2D eigenvalue weighted by Gasteiger charge is 2.44. The summed E-state index contributed by atoms with van der Waals surface area (Å²) >= 11 is 0. The van der Waals surface area contributed by atoms with Crippen molar-refractivity contribution in [2.24, 2.45) is 0 Å². The summed E-state index contributed by atoms with van der Waals surface area (Å²) in [5.41, 5.74) is 0. The van der Waals surface area contributed by atoms with Crippen molar-refractivity contribution in [2.75, 3.05) is 13.2 Å². The van der Waals surface area contributed by atoms with E-state index in [1.165, 1.54) is 38.5 Å². The molecule has 6 nitrogen and oxygen atoms in total. The Balaban J connectivity index is 2.14. The zero-order valence-electron chi connectivity index (χ0n) is 13.6. The van der Waals surface area contributed by atoms with Crippen molar-refractivity contribution < 1.29 is 29.9 Å². The molecule has 0 aliphatic carbocycles. The lowest BCUT2D eigenvalue weighted by atomic mass is 9.99. The Morgan fingerprint density at radius 2 is 1.45 bits per heavy atom. The van der Waals surface area contributed by atoms with Gasteiger partial charge < -0.3 is 29.9 Å². The molecule has 0 bridgehead atoms. The van der Waals surface area contributed by atoms with Crippen LogP contribution < -0.4 is 0 Å². The number of ether oxygens (including phenoxy) is 2. The first-order chi connectivity index (χ1) is 10.6. The van der Waals surface area contributed by atoms with E-state index in [2.05, 4.69) is 6.92 Å². The predicted molar refractivity (Wildman–Crippen MR) is 82.3 cm³/mol. The summed E-state index contributed by atoms with van der Waals surface area (Å²) in [4.78, 5) is 0. The molecule has 0 aromatic rings. The quantitative estimate of drug-likeness (QED) is 0.423. The van der Waals surface area contributed by atoms with Gasteiger partial charge in [-0.2, -0.15) is 0 Å². The molecule has 1 saturated heterocycles. The Morgan fingerprint density at radius 3 is 2.05 bits per heavy atom. The predicted octanol–water partition coefficient (Wildman–Crippen LogP) is 0.944. The van der Waals surface area contributed by atoms with Gasteiger partial charge >= 0.3 is 0 Å². The Kier molecular flexibility index (Phi) is 10.2. The molecule has 1 fully saturated rings. The molecule has 0 saturated carbocycles. The van der Waals surface area contributed by atoms with E-state index in [1.807, 2.05) is 0 Å². The largest absolute Gasteiger partial charge is 0.394 e. The van der Waals surface area contributed by atoms with Crippen LogP contribution in [0.4, 0.5) is 0 Å². The first-order valence-corrected chi connectivity index (χ1v) is 8.54. The van der Waals surface area contributed by atoms with Crippen molar-refractivity contribution in [1.29, 1.82) is 0 Å². The molecule has 0 aromatic carbocycles. The third-order valence-electron chi connectivity index (χ3n) is 4.15. The fraction of sp³-hybridized carbons (Fsp3) is 1.00. The van der Waals surface area contributed by atoms with Gasteiger partial charge in [0.2, 0.25) is 0 Å². The second-order valence-corrected chi connectivity index (χ2v) is 6.04. The number of hydrogen-bond acceptors (Lipinski definition) is 6. The van der Waals surface area contributed by atoms with Gasteiger partial charge in [-0.3, -0.25) is 0 Å². The van der Waals surface area contributed by atoms with E-state index in [-0.39, 0.29) is 6.61 Å². The minimum absolute atomic E-state index is 0.372. The van der Waals surface area contributed by atoms with Crippen molar-refractivity contribution in [1.82, 2.24) is 0 Å². The average Bonchev–Trinajstić information content (AvgIpc) is 2.52.